The minimum atomic E-state index is -1.05. The number of carboxylic acids is 1. The van der Waals surface area contributed by atoms with Gasteiger partial charge in [0.1, 0.15) is 12.6 Å². The lowest BCUT2D eigenvalue weighted by Gasteiger charge is -2.08. The summed E-state index contributed by atoms with van der Waals surface area (Å²) in [4.78, 5) is 25.2. The molecule has 1 aromatic heterocycles. The number of hydrogen-bond acceptors (Lipinski definition) is 5. The fourth-order valence-corrected chi connectivity index (χ4v) is 1.34. The van der Waals surface area contributed by atoms with Crippen LogP contribution >= 0.6 is 0 Å². The van der Waals surface area contributed by atoms with E-state index in [-0.39, 0.29) is 12.3 Å². The number of carboxylic acid groups (broad SMARTS) is 1. The van der Waals surface area contributed by atoms with Gasteiger partial charge in [0.05, 0.1) is 6.54 Å². The SMILES string of the molecule is CC(=O)NCCOc1ccc(C[C@H](N)C(=O)O)cn1. The Balaban J connectivity index is 2.39. The molecule has 1 rings (SSSR count). The van der Waals surface area contributed by atoms with Gasteiger partial charge in [-0.3, -0.25) is 9.59 Å². The van der Waals surface area contributed by atoms with Gasteiger partial charge in [-0.2, -0.15) is 0 Å². The predicted molar refractivity (Wildman–Crippen MR) is 67.7 cm³/mol. The maximum Gasteiger partial charge on any atom is 0.320 e. The topological polar surface area (TPSA) is 115 Å². The van der Waals surface area contributed by atoms with Crippen molar-refractivity contribution in [1.82, 2.24) is 10.3 Å². The zero-order valence-electron chi connectivity index (χ0n) is 10.6. The summed E-state index contributed by atoms with van der Waals surface area (Å²) in [5.74, 6) is -0.747. The van der Waals surface area contributed by atoms with Gasteiger partial charge in [-0.15, -0.1) is 0 Å². The first-order valence-corrected chi connectivity index (χ1v) is 5.79. The number of carbonyl (C=O) groups is 2. The Hall–Kier alpha value is -2.15. The number of nitrogens with zero attached hydrogens (tertiary/aromatic N) is 1. The Labute approximate surface area is 110 Å². The van der Waals surface area contributed by atoms with Crippen LogP contribution in [-0.2, 0) is 16.0 Å². The molecule has 0 aliphatic carbocycles. The van der Waals surface area contributed by atoms with E-state index in [1.807, 2.05) is 0 Å². The number of nitrogens with two attached hydrogens (primary N) is 1. The summed E-state index contributed by atoms with van der Waals surface area (Å²) in [5.41, 5.74) is 6.14. The number of ether oxygens (including phenoxy) is 1. The van der Waals surface area contributed by atoms with Crippen LogP contribution in [0.4, 0.5) is 0 Å². The monoisotopic (exact) mass is 267 g/mol. The van der Waals surface area contributed by atoms with Crippen molar-refractivity contribution in [3.63, 3.8) is 0 Å². The Morgan fingerprint density at radius 3 is 2.79 bits per heavy atom. The van der Waals surface area contributed by atoms with Crippen molar-refractivity contribution in [2.75, 3.05) is 13.2 Å². The maximum atomic E-state index is 10.6. The van der Waals surface area contributed by atoms with Crippen molar-refractivity contribution in [1.29, 1.82) is 0 Å². The van der Waals surface area contributed by atoms with Crippen LogP contribution in [0.5, 0.6) is 5.88 Å². The third kappa shape index (κ3) is 5.82. The predicted octanol–water partition coefficient (Wildman–Crippen LogP) is -0.449. The molecular weight excluding hydrogens is 250 g/mol. The van der Waals surface area contributed by atoms with Gasteiger partial charge in [0, 0.05) is 19.2 Å². The van der Waals surface area contributed by atoms with Crippen LogP contribution in [0.15, 0.2) is 18.3 Å². The van der Waals surface area contributed by atoms with Crippen LogP contribution in [0, 0.1) is 0 Å². The van der Waals surface area contributed by atoms with Crippen LogP contribution in [0.1, 0.15) is 12.5 Å². The molecular formula is C12H17N3O4. The first kappa shape index (κ1) is 14.9. The van der Waals surface area contributed by atoms with Crippen molar-refractivity contribution >= 4 is 11.9 Å². The highest BCUT2D eigenvalue weighted by Gasteiger charge is 2.12. The highest BCUT2D eigenvalue weighted by Crippen LogP contribution is 2.08. The van der Waals surface area contributed by atoms with E-state index in [1.54, 1.807) is 12.1 Å². The van der Waals surface area contributed by atoms with Gasteiger partial charge in [-0.05, 0) is 12.0 Å². The van der Waals surface area contributed by atoms with Gasteiger partial charge in [0.2, 0.25) is 11.8 Å². The van der Waals surface area contributed by atoms with E-state index in [4.69, 9.17) is 15.6 Å². The quantitative estimate of drug-likeness (QED) is 0.576. The second kappa shape index (κ2) is 7.32. The van der Waals surface area contributed by atoms with Gasteiger partial charge < -0.3 is 20.9 Å². The summed E-state index contributed by atoms with van der Waals surface area (Å²) in [6, 6.07) is 2.41. The lowest BCUT2D eigenvalue weighted by atomic mass is 10.1. The molecule has 0 spiro atoms. The lowest BCUT2D eigenvalue weighted by Crippen LogP contribution is -2.32. The van der Waals surface area contributed by atoms with Gasteiger partial charge in [-0.1, -0.05) is 6.07 Å². The van der Waals surface area contributed by atoms with Crippen molar-refractivity contribution in [3.05, 3.63) is 23.9 Å². The van der Waals surface area contributed by atoms with Crippen LogP contribution < -0.4 is 15.8 Å². The molecule has 104 valence electrons. The molecule has 4 N–H and O–H groups in total. The fourth-order valence-electron chi connectivity index (χ4n) is 1.34. The fraction of sp³-hybridized carbons (Fsp3) is 0.417. The molecule has 7 nitrogen and oxygen atoms in total. The number of amides is 1. The van der Waals surface area contributed by atoms with Crippen molar-refractivity contribution < 1.29 is 19.4 Å². The highest BCUT2D eigenvalue weighted by molar-refractivity contribution is 5.73. The number of aromatic nitrogens is 1. The normalized spacial score (nSPS) is 11.7. The molecule has 19 heavy (non-hydrogen) atoms. The molecule has 0 radical (unpaired) electrons. The molecule has 1 amide bonds. The lowest BCUT2D eigenvalue weighted by molar-refractivity contribution is -0.138. The van der Waals surface area contributed by atoms with Crippen LogP contribution in [0.3, 0.4) is 0 Å². The second-order valence-corrected chi connectivity index (χ2v) is 3.98. The van der Waals surface area contributed by atoms with E-state index >= 15 is 0 Å². The van der Waals surface area contributed by atoms with E-state index in [0.29, 0.717) is 19.0 Å². The van der Waals surface area contributed by atoms with Gasteiger partial charge >= 0.3 is 5.97 Å². The number of rotatable bonds is 7. The zero-order chi connectivity index (χ0) is 14.3. The molecule has 0 fully saturated rings. The summed E-state index contributed by atoms with van der Waals surface area (Å²) >= 11 is 0. The summed E-state index contributed by atoms with van der Waals surface area (Å²) in [7, 11) is 0. The number of hydrogen-bond donors (Lipinski definition) is 3. The molecule has 0 bridgehead atoms. The van der Waals surface area contributed by atoms with E-state index < -0.39 is 12.0 Å². The number of aliphatic carboxylic acids is 1. The molecule has 0 aliphatic heterocycles. The highest BCUT2D eigenvalue weighted by atomic mass is 16.5. The number of nitrogens with one attached hydrogen (secondary N) is 1. The average Bonchev–Trinajstić information content (AvgIpc) is 2.36. The summed E-state index contributed by atoms with van der Waals surface area (Å²) < 4.78 is 5.29. The minimum absolute atomic E-state index is 0.116. The Morgan fingerprint density at radius 1 is 1.53 bits per heavy atom. The van der Waals surface area contributed by atoms with E-state index in [0.717, 1.165) is 5.56 Å². The largest absolute Gasteiger partial charge is 0.480 e. The van der Waals surface area contributed by atoms with Crippen molar-refractivity contribution in [2.45, 2.75) is 19.4 Å². The molecule has 7 heteroatoms. The van der Waals surface area contributed by atoms with Crippen LogP contribution in [0.25, 0.3) is 0 Å². The average molecular weight is 267 g/mol. The summed E-state index contributed by atoms with van der Waals surface area (Å²) in [5, 5.41) is 11.3. The Bertz CT molecular complexity index is 433. The Morgan fingerprint density at radius 2 is 2.26 bits per heavy atom. The van der Waals surface area contributed by atoms with Gasteiger partial charge in [0.25, 0.3) is 0 Å². The molecule has 1 atom stereocenters. The first-order chi connectivity index (χ1) is 8.99. The first-order valence-electron chi connectivity index (χ1n) is 5.79. The summed E-state index contributed by atoms with van der Waals surface area (Å²) in [6.07, 6.45) is 1.74. The van der Waals surface area contributed by atoms with Gasteiger partial charge in [-0.25, -0.2) is 4.98 Å². The standard InChI is InChI=1S/C12H17N3O4/c1-8(16)14-4-5-19-11-3-2-9(7-15-11)6-10(13)12(17)18/h2-3,7,10H,4-6,13H2,1H3,(H,14,16)(H,17,18)/t10-/m0/s1. The molecule has 0 aromatic carbocycles. The van der Waals surface area contributed by atoms with Crippen molar-refractivity contribution in [2.24, 2.45) is 5.73 Å². The summed E-state index contributed by atoms with van der Waals surface area (Å²) in [6.45, 7) is 2.15. The number of pyridine rings is 1. The van der Waals surface area contributed by atoms with Crippen molar-refractivity contribution in [3.8, 4) is 5.88 Å². The van der Waals surface area contributed by atoms with Crippen LogP contribution in [0.2, 0.25) is 0 Å². The smallest absolute Gasteiger partial charge is 0.320 e. The Kier molecular flexibility index (Phi) is 5.74. The third-order valence-electron chi connectivity index (χ3n) is 2.30. The number of carbonyl (C=O) groups excluding carboxylic acids is 1. The third-order valence-corrected chi connectivity index (χ3v) is 2.30. The molecule has 0 saturated carbocycles. The van der Waals surface area contributed by atoms with Gasteiger partial charge in [0.15, 0.2) is 0 Å². The molecule has 0 aliphatic rings. The molecule has 1 aromatic rings. The van der Waals surface area contributed by atoms with E-state index in [1.165, 1.54) is 13.1 Å². The maximum absolute atomic E-state index is 10.6. The molecule has 0 unspecified atom stereocenters. The zero-order valence-corrected chi connectivity index (χ0v) is 10.6. The van der Waals surface area contributed by atoms with Crippen LogP contribution in [-0.4, -0.2) is 41.2 Å². The second-order valence-electron chi connectivity index (χ2n) is 3.98. The molecule has 0 saturated heterocycles. The molecule has 1 heterocycles. The minimum Gasteiger partial charge on any atom is -0.480 e. The van der Waals surface area contributed by atoms with E-state index in [9.17, 15) is 9.59 Å². The van der Waals surface area contributed by atoms with E-state index in [2.05, 4.69) is 10.3 Å².